The number of halogens is 1. The van der Waals surface area contributed by atoms with Crippen molar-refractivity contribution in [1.82, 2.24) is 4.98 Å². The summed E-state index contributed by atoms with van der Waals surface area (Å²) in [5.74, 6) is 0.0895. The molecule has 3 heteroatoms. The quantitative estimate of drug-likeness (QED) is 0.449. The Morgan fingerprint density at radius 2 is 2.27 bits per heavy atom. The van der Waals surface area contributed by atoms with Crippen LogP contribution < -0.4 is 0 Å². The van der Waals surface area contributed by atoms with E-state index in [4.69, 9.17) is 0 Å². The van der Waals surface area contributed by atoms with Gasteiger partial charge < -0.3 is 0 Å². The van der Waals surface area contributed by atoms with E-state index < -0.39 is 0 Å². The maximum Gasteiger partial charge on any atom is 0.194 e. The second kappa shape index (κ2) is 6.72. The SMILES string of the molecule is CCCCCC(Br)C(=O)c1ccccn1. The normalized spacial score (nSPS) is 12.4. The number of aromatic nitrogens is 1. The number of alkyl halides is 1. The summed E-state index contributed by atoms with van der Waals surface area (Å²) in [4.78, 5) is 15.8. The molecule has 0 aromatic carbocycles. The average molecular weight is 270 g/mol. The van der Waals surface area contributed by atoms with Crippen molar-refractivity contribution >= 4 is 21.7 Å². The van der Waals surface area contributed by atoms with Crippen LogP contribution in [0.1, 0.15) is 43.1 Å². The summed E-state index contributed by atoms with van der Waals surface area (Å²) in [5.41, 5.74) is 0.552. The molecular formula is C12H16BrNO. The lowest BCUT2D eigenvalue weighted by Crippen LogP contribution is -2.15. The molecule has 0 radical (unpaired) electrons. The zero-order valence-electron chi connectivity index (χ0n) is 8.95. The first-order valence-electron chi connectivity index (χ1n) is 5.35. The highest BCUT2D eigenvalue weighted by molar-refractivity contribution is 9.10. The molecule has 0 aliphatic heterocycles. The number of carbonyl (C=O) groups excluding carboxylic acids is 1. The monoisotopic (exact) mass is 269 g/mol. The summed E-state index contributed by atoms with van der Waals surface area (Å²) in [5, 5.41) is 0. The van der Waals surface area contributed by atoms with E-state index in [1.807, 2.05) is 12.1 Å². The Bertz CT molecular complexity index is 300. The predicted octanol–water partition coefficient (Wildman–Crippen LogP) is 3.61. The van der Waals surface area contributed by atoms with E-state index in [2.05, 4.69) is 27.8 Å². The van der Waals surface area contributed by atoms with Crippen molar-refractivity contribution in [3.8, 4) is 0 Å². The lowest BCUT2D eigenvalue weighted by molar-refractivity contribution is 0.0983. The summed E-state index contributed by atoms with van der Waals surface area (Å²) in [7, 11) is 0. The van der Waals surface area contributed by atoms with E-state index in [1.165, 1.54) is 12.8 Å². The van der Waals surface area contributed by atoms with Gasteiger partial charge in [0, 0.05) is 6.20 Å². The summed E-state index contributed by atoms with van der Waals surface area (Å²) >= 11 is 3.42. The van der Waals surface area contributed by atoms with Crippen molar-refractivity contribution in [1.29, 1.82) is 0 Å². The molecule has 1 unspecified atom stereocenters. The number of hydrogen-bond acceptors (Lipinski definition) is 2. The third-order valence-corrected chi connectivity index (χ3v) is 3.14. The van der Waals surface area contributed by atoms with Crippen molar-refractivity contribution in [2.45, 2.75) is 37.4 Å². The minimum atomic E-state index is -0.0843. The number of carbonyl (C=O) groups is 1. The molecule has 0 N–H and O–H groups in total. The molecular weight excluding hydrogens is 254 g/mol. The summed E-state index contributed by atoms with van der Waals surface area (Å²) < 4.78 is 0. The minimum Gasteiger partial charge on any atom is -0.291 e. The van der Waals surface area contributed by atoms with Gasteiger partial charge in [-0.2, -0.15) is 0 Å². The van der Waals surface area contributed by atoms with Crippen molar-refractivity contribution in [3.63, 3.8) is 0 Å². The van der Waals surface area contributed by atoms with Crippen LogP contribution in [0.3, 0.4) is 0 Å². The molecule has 1 atom stereocenters. The average Bonchev–Trinajstić information content (AvgIpc) is 2.29. The molecule has 15 heavy (non-hydrogen) atoms. The molecule has 0 aliphatic carbocycles. The highest BCUT2D eigenvalue weighted by Crippen LogP contribution is 2.15. The maximum atomic E-state index is 11.8. The van der Waals surface area contributed by atoms with Gasteiger partial charge in [-0.3, -0.25) is 9.78 Å². The lowest BCUT2D eigenvalue weighted by atomic mass is 10.1. The summed E-state index contributed by atoms with van der Waals surface area (Å²) in [6.45, 7) is 2.16. The van der Waals surface area contributed by atoms with E-state index in [0.29, 0.717) is 5.69 Å². The maximum absolute atomic E-state index is 11.8. The fourth-order valence-electron chi connectivity index (χ4n) is 1.37. The van der Waals surface area contributed by atoms with E-state index in [1.54, 1.807) is 12.3 Å². The first-order valence-corrected chi connectivity index (χ1v) is 6.26. The molecule has 2 nitrogen and oxygen atoms in total. The molecule has 0 saturated heterocycles. The number of rotatable bonds is 6. The van der Waals surface area contributed by atoms with Gasteiger partial charge in [0.15, 0.2) is 5.78 Å². The second-order valence-electron chi connectivity index (χ2n) is 3.54. The Labute approximate surface area is 99.2 Å². The summed E-state index contributed by atoms with van der Waals surface area (Å²) in [6, 6.07) is 5.42. The first kappa shape index (κ1) is 12.4. The molecule has 0 bridgehead atoms. The van der Waals surface area contributed by atoms with Gasteiger partial charge in [0.25, 0.3) is 0 Å². The van der Waals surface area contributed by atoms with E-state index in [-0.39, 0.29) is 10.6 Å². The molecule has 0 amide bonds. The molecule has 0 spiro atoms. The van der Waals surface area contributed by atoms with Crippen LogP contribution in [0.2, 0.25) is 0 Å². The number of Topliss-reactive ketones (excluding diaryl/α,β-unsaturated/α-hetero) is 1. The van der Waals surface area contributed by atoms with Gasteiger partial charge in [0.1, 0.15) is 5.69 Å². The van der Waals surface area contributed by atoms with Gasteiger partial charge in [-0.05, 0) is 18.6 Å². The van der Waals surface area contributed by atoms with Gasteiger partial charge in [-0.25, -0.2) is 0 Å². The Morgan fingerprint density at radius 1 is 1.47 bits per heavy atom. The highest BCUT2D eigenvalue weighted by Gasteiger charge is 2.16. The Kier molecular flexibility index (Phi) is 5.54. The van der Waals surface area contributed by atoms with Crippen LogP contribution in [-0.4, -0.2) is 15.6 Å². The third-order valence-electron chi connectivity index (χ3n) is 2.26. The number of pyridine rings is 1. The van der Waals surface area contributed by atoms with Gasteiger partial charge in [0.2, 0.25) is 0 Å². The molecule has 1 aromatic heterocycles. The molecule has 1 rings (SSSR count). The topological polar surface area (TPSA) is 30.0 Å². The third kappa shape index (κ3) is 4.12. The zero-order chi connectivity index (χ0) is 11.1. The van der Waals surface area contributed by atoms with E-state index in [0.717, 1.165) is 12.8 Å². The van der Waals surface area contributed by atoms with Crippen LogP contribution in [0, 0.1) is 0 Å². The van der Waals surface area contributed by atoms with Crippen LogP contribution in [-0.2, 0) is 0 Å². The fourth-order valence-corrected chi connectivity index (χ4v) is 1.93. The minimum absolute atomic E-state index is 0.0843. The Balaban J connectivity index is 2.46. The lowest BCUT2D eigenvalue weighted by Gasteiger charge is -2.07. The smallest absolute Gasteiger partial charge is 0.194 e. The standard InChI is InChI=1S/C12H16BrNO/c1-2-3-4-7-10(13)12(15)11-8-5-6-9-14-11/h5-6,8-10H,2-4,7H2,1H3. The molecule has 0 fully saturated rings. The summed E-state index contributed by atoms with van der Waals surface area (Å²) in [6.07, 6.45) is 5.99. The molecule has 0 saturated carbocycles. The van der Waals surface area contributed by atoms with Gasteiger partial charge in [-0.15, -0.1) is 0 Å². The van der Waals surface area contributed by atoms with Crippen molar-refractivity contribution in [3.05, 3.63) is 30.1 Å². The molecule has 82 valence electrons. The Morgan fingerprint density at radius 3 is 2.87 bits per heavy atom. The predicted molar refractivity (Wildman–Crippen MR) is 65.4 cm³/mol. The zero-order valence-corrected chi connectivity index (χ0v) is 10.5. The number of unbranched alkanes of at least 4 members (excludes halogenated alkanes) is 2. The second-order valence-corrected chi connectivity index (χ2v) is 4.65. The van der Waals surface area contributed by atoms with Gasteiger partial charge >= 0.3 is 0 Å². The molecule has 0 aliphatic rings. The molecule has 1 aromatic rings. The first-order chi connectivity index (χ1) is 7.25. The van der Waals surface area contributed by atoms with Gasteiger partial charge in [0.05, 0.1) is 4.83 Å². The largest absolute Gasteiger partial charge is 0.291 e. The fraction of sp³-hybridized carbons (Fsp3) is 0.500. The van der Waals surface area contributed by atoms with Crippen LogP contribution in [0.25, 0.3) is 0 Å². The number of hydrogen-bond donors (Lipinski definition) is 0. The van der Waals surface area contributed by atoms with Crippen molar-refractivity contribution in [2.24, 2.45) is 0 Å². The van der Waals surface area contributed by atoms with Crippen LogP contribution >= 0.6 is 15.9 Å². The van der Waals surface area contributed by atoms with Crippen LogP contribution in [0.5, 0.6) is 0 Å². The van der Waals surface area contributed by atoms with Crippen LogP contribution in [0.4, 0.5) is 0 Å². The van der Waals surface area contributed by atoms with Crippen molar-refractivity contribution < 1.29 is 4.79 Å². The highest BCUT2D eigenvalue weighted by atomic mass is 79.9. The number of ketones is 1. The van der Waals surface area contributed by atoms with Crippen LogP contribution in [0.15, 0.2) is 24.4 Å². The number of nitrogens with zero attached hydrogens (tertiary/aromatic N) is 1. The van der Waals surface area contributed by atoms with E-state index in [9.17, 15) is 4.79 Å². The Hall–Kier alpha value is -0.700. The molecule has 1 heterocycles. The van der Waals surface area contributed by atoms with E-state index >= 15 is 0 Å². The van der Waals surface area contributed by atoms with Gasteiger partial charge in [-0.1, -0.05) is 48.2 Å². The van der Waals surface area contributed by atoms with Crippen molar-refractivity contribution in [2.75, 3.05) is 0 Å².